The molecule has 0 bridgehead atoms. The third-order valence-electron chi connectivity index (χ3n) is 3.39. The summed E-state index contributed by atoms with van der Waals surface area (Å²) in [6.07, 6.45) is 3.34. The second kappa shape index (κ2) is 6.71. The number of nitrogens with zero attached hydrogens (tertiary/aromatic N) is 2. The number of aryl methyl sites for hydroxylation is 1. The maximum Gasteiger partial charge on any atom is 0.286 e. The lowest BCUT2D eigenvalue weighted by Crippen LogP contribution is -2.41. The molecule has 2 amide bonds. The Bertz CT molecular complexity index is 882. The van der Waals surface area contributed by atoms with Crippen LogP contribution in [-0.2, 0) is 0 Å². The van der Waals surface area contributed by atoms with E-state index in [1.165, 1.54) is 0 Å². The fourth-order valence-corrected chi connectivity index (χ4v) is 2.49. The lowest BCUT2D eigenvalue weighted by Gasteiger charge is -2.08. The summed E-state index contributed by atoms with van der Waals surface area (Å²) >= 11 is 3.24. The van der Waals surface area contributed by atoms with Gasteiger partial charge in [-0.05, 0) is 59.3 Å². The maximum absolute atomic E-state index is 12.1. The van der Waals surface area contributed by atoms with Crippen LogP contribution in [0.3, 0.4) is 0 Å². The summed E-state index contributed by atoms with van der Waals surface area (Å²) < 4.78 is 2.52. The first-order valence-corrected chi connectivity index (χ1v) is 7.89. The number of carbonyl (C=O) groups excluding carboxylic acids is 2. The molecule has 2 aromatic heterocycles. The average molecular weight is 388 g/mol. The van der Waals surface area contributed by atoms with Crippen molar-refractivity contribution in [1.29, 1.82) is 0 Å². The summed E-state index contributed by atoms with van der Waals surface area (Å²) in [6, 6.07) is 10.4. The third kappa shape index (κ3) is 3.38. The number of halogens is 1. The van der Waals surface area contributed by atoms with Gasteiger partial charge in [-0.2, -0.15) is 5.10 Å². The van der Waals surface area contributed by atoms with Crippen LogP contribution >= 0.6 is 15.9 Å². The normalized spacial score (nSPS) is 10.4. The zero-order valence-electron chi connectivity index (χ0n) is 12.7. The standard InChI is InChI=1S/C16H14BrN5O2/c1-10-6-7-19-22(10)13-4-2-11(3-5-13)15(23)20-21-16(24)14-8-12(17)9-18-14/h2-9,18H,1H3,(H,20,23)(H,21,24). The summed E-state index contributed by atoms with van der Waals surface area (Å²) in [4.78, 5) is 26.7. The number of aromatic nitrogens is 3. The molecule has 0 saturated carbocycles. The number of rotatable bonds is 3. The molecule has 0 unspecified atom stereocenters. The van der Waals surface area contributed by atoms with E-state index in [1.54, 1.807) is 47.4 Å². The van der Waals surface area contributed by atoms with E-state index < -0.39 is 11.8 Å². The van der Waals surface area contributed by atoms with Gasteiger partial charge < -0.3 is 4.98 Å². The zero-order chi connectivity index (χ0) is 17.1. The molecule has 7 nitrogen and oxygen atoms in total. The van der Waals surface area contributed by atoms with Gasteiger partial charge in [0.15, 0.2) is 0 Å². The Morgan fingerprint density at radius 1 is 1.12 bits per heavy atom. The Balaban J connectivity index is 1.63. The van der Waals surface area contributed by atoms with Gasteiger partial charge in [-0.1, -0.05) is 0 Å². The van der Waals surface area contributed by atoms with Gasteiger partial charge in [-0.25, -0.2) is 4.68 Å². The highest BCUT2D eigenvalue weighted by Crippen LogP contribution is 2.12. The Kier molecular flexibility index (Phi) is 4.48. The van der Waals surface area contributed by atoms with Crippen LogP contribution in [0.4, 0.5) is 0 Å². The predicted octanol–water partition coefficient (Wildman–Crippen LogP) is 2.35. The molecule has 0 saturated heterocycles. The Hall–Kier alpha value is -2.87. The number of H-pyrrole nitrogens is 1. The molecule has 0 spiro atoms. The van der Waals surface area contributed by atoms with Gasteiger partial charge in [0.05, 0.1) is 5.69 Å². The SMILES string of the molecule is Cc1ccnn1-c1ccc(C(=O)NNC(=O)c2cc(Br)c[nH]2)cc1. The average Bonchev–Trinajstić information content (AvgIpc) is 3.21. The molecule has 0 atom stereocenters. The lowest BCUT2D eigenvalue weighted by atomic mass is 10.2. The molecule has 3 N–H and O–H groups in total. The van der Waals surface area contributed by atoms with E-state index in [9.17, 15) is 9.59 Å². The van der Waals surface area contributed by atoms with E-state index in [4.69, 9.17) is 0 Å². The third-order valence-corrected chi connectivity index (χ3v) is 3.85. The van der Waals surface area contributed by atoms with Crippen molar-refractivity contribution in [2.24, 2.45) is 0 Å². The van der Waals surface area contributed by atoms with Crippen LogP contribution in [0, 0.1) is 6.92 Å². The van der Waals surface area contributed by atoms with Gasteiger partial charge in [-0.3, -0.25) is 20.4 Å². The van der Waals surface area contributed by atoms with Crippen molar-refractivity contribution in [3.8, 4) is 5.69 Å². The van der Waals surface area contributed by atoms with E-state index >= 15 is 0 Å². The van der Waals surface area contributed by atoms with Crippen LogP contribution in [-0.4, -0.2) is 26.6 Å². The van der Waals surface area contributed by atoms with Crippen LogP contribution < -0.4 is 10.9 Å². The number of nitrogens with one attached hydrogen (secondary N) is 3. The number of amides is 2. The molecular formula is C16H14BrN5O2. The van der Waals surface area contributed by atoms with Crippen LogP contribution in [0.25, 0.3) is 5.69 Å². The van der Waals surface area contributed by atoms with Crippen molar-refractivity contribution in [1.82, 2.24) is 25.6 Å². The van der Waals surface area contributed by atoms with Gasteiger partial charge in [0.25, 0.3) is 11.8 Å². The predicted molar refractivity (Wildman–Crippen MR) is 91.7 cm³/mol. The minimum atomic E-state index is -0.433. The minimum Gasteiger partial charge on any atom is -0.356 e. The zero-order valence-corrected chi connectivity index (χ0v) is 14.3. The molecule has 0 aliphatic rings. The fourth-order valence-electron chi connectivity index (χ4n) is 2.15. The summed E-state index contributed by atoms with van der Waals surface area (Å²) in [5.41, 5.74) is 7.35. The lowest BCUT2D eigenvalue weighted by molar-refractivity contribution is 0.0844. The van der Waals surface area contributed by atoms with Gasteiger partial charge in [0.2, 0.25) is 0 Å². The Morgan fingerprint density at radius 2 is 1.83 bits per heavy atom. The molecule has 3 rings (SSSR count). The van der Waals surface area contributed by atoms with Crippen LogP contribution in [0.1, 0.15) is 26.5 Å². The summed E-state index contributed by atoms with van der Waals surface area (Å²) in [5.74, 6) is -0.837. The summed E-state index contributed by atoms with van der Waals surface area (Å²) in [5, 5.41) is 4.21. The monoisotopic (exact) mass is 387 g/mol. The topological polar surface area (TPSA) is 91.8 Å². The van der Waals surface area contributed by atoms with Crippen molar-refractivity contribution in [3.63, 3.8) is 0 Å². The van der Waals surface area contributed by atoms with E-state index in [-0.39, 0.29) is 0 Å². The second-order valence-electron chi connectivity index (χ2n) is 5.07. The number of hydrazine groups is 1. The molecule has 1 aromatic carbocycles. The van der Waals surface area contributed by atoms with E-state index in [0.29, 0.717) is 11.3 Å². The minimum absolute atomic E-state index is 0.340. The second-order valence-corrected chi connectivity index (χ2v) is 5.99. The van der Waals surface area contributed by atoms with Gasteiger partial charge >= 0.3 is 0 Å². The molecule has 0 aliphatic heterocycles. The number of aromatic amines is 1. The first-order valence-electron chi connectivity index (χ1n) is 7.10. The quantitative estimate of drug-likeness (QED) is 0.602. The maximum atomic E-state index is 12.1. The number of carbonyl (C=O) groups is 2. The van der Waals surface area contributed by atoms with Gasteiger partial charge in [0.1, 0.15) is 5.69 Å². The molecule has 2 heterocycles. The summed E-state index contributed by atoms with van der Waals surface area (Å²) in [7, 11) is 0. The van der Waals surface area contributed by atoms with Gasteiger partial charge in [0, 0.05) is 28.1 Å². The molecule has 0 aliphatic carbocycles. The van der Waals surface area contributed by atoms with Crippen molar-refractivity contribution in [3.05, 3.63) is 70.2 Å². The molecule has 0 radical (unpaired) electrons. The van der Waals surface area contributed by atoms with Crippen molar-refractivity contribution in [2.45, 2.75) is 6.92 Å². The number of hydrogen-bond acceptors (Lipinski definition) is 3. The van der Waals surface area contributed by atoms with E-state index in [0.717, 1.165) is 15.9 Å². The highest BCUT2D eigenvalue weighted by atomic mass is 79.9. The highest BCUT2D eigenvalue weighted by Gasteiger charge is 2.11. The largest absolute Gasteiger partial charge is 0.356 e. The molecule has 0 fully saturated rings. The summed E-state index contributed by atoms with van der Waals surface area (Å²) in [6.45, 7) is 1.95. The molecule has 122 valence electrons. The van der Waals surface area contributed by atoms with Gasteiger partial charge in [-0.15, -0.1) is 0 Å². The molecule has 3 aromatic rings. The number of benzene rings is 1. The van der Waals surface area contributed by atoms with Crippen molar-refractivity contribution < 1.29 is 9.59 Å². The fraction of sp³-hybridized carbons (Fsp3) is 0.0625. The smallest absolute Gasteiger partial charge is 0.286 e. The Morgan fingerprint density at radius 3 is 2.42 bits per heavy atom. The van der Waals surface area contributed by atoms with E-state index in [2.05, 4.69) is 36.9 Å². The number of hydrogen-bond donors (Lipinski definition) is 3. The van der Waals surface area contributed by atoms with E-state index in [1.807, 2.05) is 13.0 Å². The van der Waals surface area contributed by atoms with Crippen LogP contribution in [0.2, 0.25) is 0 Å². The first kappa shape index (κ1) is 16.0. The first-order chi connectivity index (χ1) is 11.5. The molecule has 24 heavy (non-hydrogen) atoms. The molecular weight excluding hydrogens is 374 g/mol. The highest BCUT2D eigenvalue weighted by molar-refractivity contribution is 9.10. The van der Waals surface area contributed by atoms with Crippen molar-refractivity contribution in [2.75, 3.05) is 0 Å². The Labute approximate surface area is 146 Å². The molecule has 8 heteroatoms. The van der Waals surface area contributed by atoms with Crippen LogP contribution in [0.15, 0.2) is 53.3 Å². The van der Waals surface area contributed by atoms with Crippen LogP contribution in [0.5, 0.6) is 0 Å². The van der Waals surface area contributed by atoms with Crippen molar-refractivity contribution >= 4 is 27.7 Å².